The van der Waals surface area contributed by atoms with Crippen LogP contribution in [-0.2, 0) is 28.9 Å². The van der Waals surface area contributed by atoms with Crippen LogP contribution in [0.1, 0.15) is 36.7 Å². The first-order valence-corrected chi connectivity index (χ1v) is 14.0. The molecule has 198 valence electrons. The number of halogens is 2. The normalized spacial score (nSPS) is 11.8. The van der Waals surface area contributed by atoms with E-state index in [4.69, 9.17) is 32.7 Å². The van der Waals surface area contributed by atoms with Crippen molar-refractivity contribution in [3.63, 3.8) is 0 Å². The van der Waals surface area contributed by atoms with Crippen molar-refractivity contribution in [2.45, 2.75) is 32.6 Å². The predicted octanol–water partition coefficient (Wildman–Crippen LogP) is 6.44. The molecule has 3 N–H and O–H groups in total. The Morgan fingerprint density at radius 3 is 2.39 bits per heavy atom. The number of anilines is 1. The number of rotatable bonds is 11. The lowest BCUT2D eigenvalue weighted by Crippen LogP contribution is -2.30. The van der Waals surface area contributed by atoms with Gasteiger partial charge in [0.2, 0.25) is 0 Å². The fourth-order valence-electron chi connectivity index (χ4n) is 4.04. The van der Waals surface area contributed by atoms with Crippen molar-refractivity contribution in [2.24, 2.45) is 0 Å². The van der Waals surface area contributed by atoms with Crippen LogP contribution >= 0.6 is 23.2 Å². The second-order valence-electron chi connectivity index (χ2n) is 8.81. The van der Waals surface area contributed by atoms with E-state index in [0.29, 0.717) is 22.2 Å². The Morgan fingerprint density at radius 2 is 1.74 bits per heavy atom. The first kappa shape index (κ1) is 27.9. The molecule has 3 aromatic carbocycles. The van der Waals surface area contributed by atoms with Gasteiger partial charge < -0.3 is 9.88 Å². The molecule has 0 spiro atoms. The number of nitrogens with one attached hydrogen (secondary N) is 2. The summed E-state index contributed by atoms with van der Waals surface area (Å²) >= 11 is 10.2. The predicted molar refractivity (Wildman–Crippen MR) is 154 cm³/mol. The molecule has 4 rings (SSSR count). The van der Waals surface area contributed by atoms with Gasteiger partial charge in [0.15, 0.2) is 0 Å². The third-order valence-electron chi connectivity index (χ3n) is 5.99. The molecule has 0 bridgehead atoms. The van der Waals surface area contributed by atoms with Crippen LogP contribution in [-0.4, -0.2) is 30.8 Å². The number of nitrogens with zero attached hydrogens (tertiary/aromatic N) is 2. The molecule has 1 atom stereocenters. The average Bonchev–Trinajstić information content (AvgIpc) is 3.30. The highest BCUT2D eigenvalue weighted by molar-refractivity contribution is 7.77. The molecular weight excluding hydrogens is 543 g/mol. The summed E-state index contributed by atoms with van der Waals surface area (Å²) in [7, 11) is 0. The van der Waals surface area contributed by atoms with Crippen LogP contribution in [0, 0.1) is 0 Å². The fraction of sp³-hybridized carbons (Fsp3) is 0.214. The second kappa shape index (κ2) is 13.1. The highest BCUT2D eigenvalue weighted by atomic mass is 35.5. The van der Waals surface area contributed by atoms with Gasteiger partial charge in [-0.25, -0.2) is 9.19 Å². The molecule has 0 aliphatic rings. The molecule has 1 amide bonds. The lowest BCUT2D eigenvalue weighted by atomic mass is 10.0. The smallest absolute Gasteiger partial charge is 0.261 e. The molecule has 0 aliphatic heterocycles. The van der Waals surface area contributed by atoms with Crippen LogP contribution in [0.3, 0.4) is 0 Å². The van der Waals surface area contributed by atoms with Crippen molar-refractivity contribution < 1.29 is 13.6 Å². The SMILES string of the molecule is CCCCc1ccc(Cc2nc(-c3ccc(Cl)cc3Cl)cn2-c2ccc(NCC(=O)NS(=O)O)cc2)cc1. The number of hydrogen-bond acceptors (Lipinski definition) is 4. The van der Waals surface area contributed by atoms with E-state index in [1.807, 2.05) is 45.8 Å². The van der Waals surface area contributed by atoms with Gasteiger partial charge in [-0.15, -0.1) is 0 Å². The van der Waals surface area contributed by atoms with Gasteiger partial charge >= 0.3 is 0 Å². The summed E-state index contributed by atoms with van der Waals surface area (Å²) in [5.74, 6) is 0.259. The molecule has 4 aromatic rings. The Kier molecular flexibility index (Phi) is 9.58. The maximum atomic E-state index is 11.6. The molecule has 0 fully saturated rings. The van der Waals surface area contributed by atoms with E-state index in [1.165, 1.54) is 18.4 Å². The molecule has 10 heteroatoms. The lowest BCUT2D eigenvalue weighted by molar-refractivity contribution is -0.117. The van der Waals surface area contributed by atoms with Crippen molar-refractivity contribution >= 4 is 46.1 Å². The molecular formula is C28H28Cl2N4O3S. The van der Waals surface area contributed by atoms with Gasteiger partial charge in [0.05, 0.1) is 17.3 Å². The zero-order valence-electron chi connectivity index (χ0n) is 20.8. The summed E-state index contributed by atoms with van der Waals surface area (Å²) in [6.45, 7) is 2.06. The van der Waals surface area contributed by atoms with Gasteiger partial charge in [0, 0.05) is 34.6 Å². The molecule has 1 unspecified atom stereocenters. The summed E-state index contributed by atoms with van der Waals surface area (Å²) < 4.78 is 23.4. The minimum absolute atomic E-state index is 0.130. The number of amides is 1. The standard InChI is InChI=1S/C28H28Cl2N4O3S/c1-2-3-4-19-5-7-20(8-6-19)15-27-32-26(24-14-9-21(29)16-25(24)30)18-34(27)23-12-10-22(11-13-23)31-17-28(35)33-38(36)37/h5-14,16,18,31H,2-4,15,17H2,1H3,(H,33,35)(H,36,37). The third-order valence-corrected chi connectivity index (χ3v) is 6.94. The number of aryl methyl sites for hydroxylation is 1. The van der Waals surface area contributed by atoms with E-state index in [9.17, 15) is 9.00 Å². The summed E-state index contributed by atoms with van der Waals surface area (Å²) in [5.41, 5.74) is 5.58. The zero-order chi connectivity index (χ0) is 27.1. The number of carbonyl (C=O) groups excluding carboxylic acids is 1. The van der Waals surface area contributed by atoms with Gasteiger partial charge in [0.25, 0.3) is 17.2 Å². The van der Waals surface area contributed by atoms with Crippen molar-refractivity contribution in [1.82, 2.24) is 14.3 Å². The van der Waals surface area contributed by atoms with Crippen LogP contribution in [0.5, 0.6) is 0 Å². The van der Waals surface area contributed by atoms with Crippen LogP contribution in [0.4, 0.5) is 5.69 Å². The first-order valence-electron chi connectivity index (χ1n) is 12.2. The molecule has 7 nitrogen and oxygen atoms in total. The summed E-state index contributed by atoms with van der Waals surface area (Å²) in [6, 6.07) is 21.5. The van der Waals surface area contributed by atoms with Gasteiger partial charge in [0.1, 0.15) is 5.82 Å². The summed E-state index contributed by atoms with van der Waals surface area (Å²) in [5, 5.41) is 4.02. The number of hydrogen-bond donors (Lipinski definition) is 3. The molecule has 0 radical (unpaired) electrons. The van der Waals surface area contributed by atoms with E-state index in [-0.39, 0.29) is 6.54 Å². The quantitative estimate of drug-likeness (QED) is 0.180. The Morgan fingerprint density at radius 1 is 1.03 bits per heavy atom. The van der Waals surface area contributed by atoms with Gasteiger partial charge in [-0.1, -0.05) is 60.8 Å². The van der Waals surface area contributed by atoms with Crippen molar-refractivity contribution in [3.8, 4) is 16.9 Å². The van der Waals surface area contributed by atoms with E-state index in [1.54, 1.807) is 12.1 Å². The number of unbranched alkanes of at least 4 members (excludes halogenated alkanes) is 1. The van der Waals surface area contributed by atoms with Gasteiger partial charge in [-0.05, 0) is 66.4 Å². The molecule has 38 heavy (non-hydrogen) atoms. The Labute approximate surface area is 234 Å². The number of benzene rings is 3. The molecule has 1 heterocycles. The number of aromatic nitrogens is 2. The Bertz CT molecular complexity index is 1420. The first-order chi connectivity index (χ1) is 18.3. The molecule has 0 saturated heterocycles. The summed E-state index contributed by atoms with van der Waals surface area (Å²) in [4.78, 5) is 16.6. The maximum absolute atomic E-state index is 11.6. The van der Waals surface area contributed by atoms with Crippen LogP contribution in [0.2, 0.25) is 10.0 Å². The topological polar surface area (TPSA) is 96.3 Å². The van der Waals surface area contributed by atoms with Crippen LogP contribution in [0.15, 0.2) is 72.9 Å². The van der Waals surface area contributed by atoms with Gasteiger partial charge in [-0.3, -0.25) is 14.1 Å². The Balaban J connectivity index is 1.61. The third kappa shape index (κ3) is 7.45. The minimum atomic E-state index is -2.39. The monoisotopic (exact) mass is 570 g/mol. The maximum Gasteiger partial charge on any atom is 0.261 e. The largest absolute Gasteiger partial charge is 0.376 e. The van der Waals surface area contributed by atoms with Crippen LogP contribution < -0.4 is 10.0 Å². The van der Waals surface area contributed by atoms with Crippen molar-refractivity contribution in [1.29, 1.82) is 0 Å². The van der Waals surface area contributed by atoms with Crippen molar-refractivity contribution in [2.75, 3.05) is 11.9 Å². The van der Waals surface area contributed by atoms with Crippen molar-refractivity contribution in [3.05, 3.63) is 99.9 Å². The lowest BCUT2D eigenvalue weighted by Gasteiger charge is -2.10. The average molecular weight is 572 g/mol. The summed E-state index contributed by atoms with van der Waals surface area (Å²) in [6.07, 6.45) is 5.99. The van der Waals surface area contributed by atoms with E-state index < -0.39 is 17.2 Å². The van der Waals surface area contributed by atoms with E-state index in [0.717, 1.165) is 34.8 Å². The molecule has 1 aromatic heterocycles. The van der Waals surface area contributed by atoms with E-state index in [2.05, 4.69) is 36.5 Å². The fourth-order valence-corrected chi connectivity index (χ4v) is 4.81. The number of carbonyl (C=O) groups is 1. The second-order valence-corrected chi connectivity index (χ2v) is 10.4. The minimum Gasteiger partial charge on any atom is -0.376 e. The highest BCUT2D eigenvalue weighted by Gasteiger charge is 2.15. The zero-order valence-corrected chi connectivity index (χ0v) is 23.1. The van der Waals surface area contributed by atoms with E-state index >= 15 is 0 Å². The van der Waals surface area contributed by atoms with Gasteiger partial charge in [-0.2, -0.15) is 0 Å². The van der Waals surface area contributed by atoms with Crippen LogP contribution in [0.25, 0.3) is 16.9 Å². The highest BCUT2D eigenvalue weighted by Crippen LogP contribution is 2.31. The molecule has 0 aliphatic carbocycles. The number of imidazole rings is 1. The molecule has 0 saturated carbocycles. The Hall–Kier alpha value is -3.17.